The highest BCUT2D eigenvalue weighted by Gasteiger charge is 2.09. The molecule has 0 saturated heterocycles. The van der Waals surface area contributed by atoms with Crippen molar-refractivity contribution in [3.63, 3.8) is 0 Å². The molecule has 3 heteroatoms. The molecule has 3 nitrogen and oxygen atoms in total. The second-order valence-corrected chi connectivity index (χ2v) is 3.58. The van der Waals surface area contributed by atoms with E-state index in [2.05, 4.69) is 9.99 Å². The van der Waals surface area contributed by atoms with E-state index in [9.17, 15) is 4.79 Å². The number of rotatable bonds is 3. The van der Waals surface area contributed by atoms with Crippen molar-refractivity contribution >= 4 is 11.7 Å². The quantitative estimate of drug-likeness (QED) is 0.432. The minimum absolute atomic E-state index is 0.215. The Labute approximate surface area is 89.7 Å². The number of nitrogens with zero attached hydrogens (tertiary/aromatic N) is 1. The maximum absolute atomic E-state index is 10.7. The van der Waals surface area contributed by atoms with Gasteiger partial charge in [-0.15, -0.1) is 0 Å². The van der Waals surface area contributed by atoms with Crippen LogP contribution < -0.4 is 0 Å². The lowest BCUT2D eigenvalue weighted by molar-refractivity contribution is -0.140. The molecular weight excluding hydrogens is 190 g/mol. The van der Waals surface area contributed by atoms with Gasteiger partial charge in [0.2, 0.25) is 0 Å². The van der Waals surface area contributed by atoms with Gasteiger partial charge in [0.05, 0.1) is 5.71 Å². The molecule has 0 aliphatic carbocycles. The summed E-state index contributed by atoms with van der Waals surface area (Å²) in [6, 6.07) is 9.69. The molecule has 0 spiro atoms. The van der Waals surface area contributed by atoms with E-state index in [0.717, 1.165) is 11.3 Å². The van der Waals surface area contributed by atoms with E-state index in [0.29, 0.717) is 0 Å². The Hall–Kier alpha value is -1.64. The van der Waals surface area contributed by atoms with Gasteiger partial charge in [0, 0.05) is 6.92 Å². The Balaban J connectivity index is 2.93. The molecular formula is C12H15NO2. The molecule has 0 aliphatic rings. The van der Waals surface area contributed by atoms with Crippen molar-refractivity contribution in [2.45, 2.75) is 20.8 Å². The van der Waals surface area contributed by atoms with Crippen LogP contribution in [0.3, 0.4) is 0 Å². The van der Waals surface area contributed by atoms with Crippen molar-refractivity contribution in [2.24, 2.45) is 11.1 Å². The average Bonchev–Trinajstić information content (AvgIpc) is 2.18. The van der Waals surface area contributed by atoms with Gasteiger partial charge in [-0.3, -0.25) is 0 Å². The summed E-state index contributed by atoms with van der Waals surface area (Å²) < 4.78 is 0. The van der Waals surface area contributed by atoms with Gasteiger partial charge in [-0.1, -0.05) is 49.3 Å². The van der Waals surface area contributed by atoms with E-state index in [-0.39, 0.29) is 5.92 Å². The number of hydrogen-bond acceptors (Lipinski definition) is 3. The van der Waals surface area contributed by atoms with Gasteiger partial charge in [0.25, 0.3) is 0 Å². The van der Waals surface area contributed by atoms with Crippen LogP contribution in [0.5, 0.6) is 0 Å². The van der Waals surface area contributed by atoms with Gasteiger partial charge in [-0.05, 0) is 11.5 Å². The molecule has 1 aromatic rings. The van der Waals surface area contributed by atoms with Crippen LogP contribution in [-0.4, -0.2) is 11.7 Å². The zero-order chi connectivity index (χ0) is 11.3. The van der Waals surface area contributed by atoms with Crippen LogP contribution in [0.4, 0.5) is 0 Å². The van der Waals surface area contributed by atoms with Crippen molar-refractivity contribution in [3.8, 4) is 0 Å². The van der Waals surface area contributed by atoms with E-state index in [1.54, 1.807) is 0 Å². The zero-order valence-corrected chi connectivity index (χ0v) is 9.23. The molecule has 0 heterocycles. The number of benzene rings is 1. The second kappa shape index (κ2) is 5.29. The molecule has 0 fully saturated rings. The summed E-state index contributed by atoms with van der Waals surface area (Å²) in [5, 5.41) is 3.86. The SMILES string of the molecule is CC(=O)O/N=C(\c1ccccc1)C(C)C. The van der Waals surface area contributed by atoms with Gasteiger partial charge in [0.1, 0.15) is 0 Å². The summed E-state index contributed by atoms with van der Waals surface area (Å²) in [7, 11) is 0. The summed E-state index contributed by atoms with van der Waals surface area (Å²) in [4.78, 5) is 15.3. The molecule has 0 saturated carbocycles. The predicted octanol–water partition coefficient (Wildman–Crippen LogP) is 2.61. The second-order valence-electron chi connectivity index (χ2n) is 3.58. The molecule has 0 aliphatic heterocycles. The highest BCUT2D eigenvalue weighted by Crippen LogP contribution is 2.09. The number of carbonyl (C=O) groups is 1. The van der Waals surface area contributed by atoms with Gasteiger partial charge in [-0.2, -0.15) is 0 Å². The maximum Gasteiger partial charge on any atom is 0.331 e. The minimum Gasteiger partial charge on any atom is -0.318 e. The summed E-state index contributed by atoms with van der Waals surface area (Å²) in [5.41, 5.74) is 1.76. The normalized spacial score (nSPS) is 11.6. The van der Waals surface area contributed by atoms with Crippen molar-refractivity contribution in [3.05, 3.63) is 35.9 Å². The number of hydrogen-bond donors (Lipinski definition) is 0. The van der Waals surface area contributed by atoms with Crippen molar-refractivity contribution in [2.75, 3.05) is 0 Å². The third-order valence-electron chi connectivity index (χ3n) is 1.89. The monoisotopic (exact) mass is 205 g/mol. The maximum atomic E-state index is 10.7. The van der Waals surface area contributed by atoms with Crippen LogP contribution in [0.15, 0.2) is 35.5 Å². The summed E-state index contributed by atoms with van der Waals surface area (Å²) in [5.74, 6) is -0.184. The smallest absolute Gasteiger partial charge is 0.318 e. The Bertz CT molecular complexity index is 355. The van der Waals surface area contributed by atoms with Gasteiger partial charge in [0.15, 0.2) is 0 Å². The molecule has 1 rings (SSSR count). The molecule has 0 amide bonds. The van der Waals surface area contributed by atoms with E-state index >= 15 is 0 Å². The third kappa shape index (κ3) is 3.54. The summed E-state index contributed by atoms with van der Waals surface area (Å²) in [6.45, 7) is 5.36. The lowest BCUT2D eigenvalue weighted by Gasteiger charge is -2.08. The molecule has 0 atom stereocenters. The Morgan fingerprint density at radius 3 is 2.33 bits per heavy atom. The minimum atomic E-state index is -0.399. The first-order valence-corrected chi connectivity index (χ1v) is 4.92. The highest BCUT2D eigenvalue weighted by atomic mass is 16.7. The van der Waals surface area contributed by atoms with Gasteiger partial charge < -0.3 is 4.84 Å². The van der Waals surface area contributed by atoms with Crippen LogP contribution in [-0.2, 0) is 9.63 Å². The molecule has 80 valence electrons. The molecule has 1 aromatic carbocycles. The fraction of sp³-hybridized carbons (Fsp3) is 0.333. The van der Waals surface area contributed by atoms with Crippen LogP contribution in [0, 0.1) is 5.92 Å². The lowest BCUT2D eigenvalue weighted by Crippen LogP contribution is -2.10. The van der Waals surface area contributed by atoms with Crippen LogP contribution in [0.2, 0.25) is 0 Å². The average molecular weight is 205 g/mol. The third-order valence-corrected chi connectivity index (χ3v) is 1.89. The Morgan fingerprint density at radius 1 is 1.27 bits per heavy atom. The summed E-state index contributed by atoms with van der Waals surface area (Å²) in [6.07, 6.45) is 0. The molecule has 0 aromatic heterocycles. The highest BCUT2D eigenvalue weighted by molar-refractivity contribution is 6.01. The lowest BCUT2D eigenvalue weighted by atomic mass is 10.0. The molecule has 0 unspecified atom stereocenters. The molecule has 15 heavy (non-hydrogen) atoms. The van der Waals surface area contributed by atoms with E-state index in [1.807, 2.05) is 44.2 Å². The fourth-order valence-electron chi connectivity index (χ4n) is 1.21. The van der Waals surface area contributed by atoms with E-state index < -0.39 is 5.97 Å². The summed E-state index contributed by atoms with van der Waals surface area (Å²) >= 11 is 0. The number of oxime groups is 1. The first kappa shape index (κ1) is 11.4. The first-order chi connectivity index (χ1) is 7.11. The first-order valence-electron chi connectivity index (χ1n) is 4.92. The van der Waals surface area contributed by atoms with Crippen molar-refractivity contribution in [1.29, 1.82) is 0 Å². The standard InChI is InChI=1S/C12H15NO2/c1-9(2)12(13-15-10(3)14)11-7-5-4-6-8-11/h4-9H,1-3H3/b13-12-. The van der Waals surface area contributed by atoms with E-state index in [1.165, 1.54) is 6.92 Å². The van der Waals surface area contributed by atoms with Crippen molar-refractivity contribution in [1.82, 2.24) is 0 Å². The molecule has 0 N–H and O–H groups in total. The Morgan fingerprint density at radius 2 is 1.87 bits per heavy atom. The predicted molar refractivity (Wildman–Crippen MR) is 59.6 cm³/mol. The zero-order valence-electron chi connectivity index (χ0n) is 9.23. The topological polar surface area (TPSA) is 38.7 Å². The van der Waals surface area contributed by atoms with Gasteiger partial charge in [-0.25, -0.2) is 4.79 Å². The van der Waals surface area contributed by atoms with Crippen LogP contribution >= 0.6 is 0 Å². The number of carbonyl (C=O) groups excluding carboxylic acids is 1. The van der Waals surface area contributed by atoms with Gasteiger partial charge >= 0.3 is 5.97 Å². The largest absolute Gasteiger partial charge is 0.331 e. The van der Waals surface area contributed by atoms with Crippen LogP contribution in [0.1, 0.15) is 26.3 Å². The Kier molecular flexibility index (Phi) is 4.03. The van der Waals surface area contributed by atoms with E-state index in [4.69, 9.17) is 0 Å². The molecule has 0 radical (unpaired) electrons. The van der Waals surface area contributed by atoms with Crippen LogP contribution in [0.25, 0.3) is 0 Å². The fourth-order valence-corrected chi connectivity index (χ4v) is 1.21. The van der Waals surface area contributed by atoms with Crippen molar-refractivity contribution < 1.29 is 9.63 Å². The molecule has 0 bridgehead atoms.